The van der Waals surface area contributed by atoms with Gasteiger partial charge in [-0.25, -0.2) is 0 Å². The Hall–Kier alpha value is -2.37. The summed E-state index contributed by atoms with van der Waals surface area (Å²) in [6, 6.07) is 28.8. The molecule has 0 bridgehead atoms. The molecule has 0 heterocycles. The molecule has 0 unspecified atom stereocenters. The van der Waals surface area contributed by atoms with Gasteiger partial charge in [-0.2, -0.15) is 0 Å². The van der Waals surface area contributed by atoms with Gasteiger partial charge in [0.25, 0.3) is 0 Å². The molecular formula is C44H55Si3Zr-. The Morgan fingerprint density at radius 3 is 1.69 bits per heavy atom. The molecule has 6 rings (SSSR count). The molecule has 0 saturated heterocycles. The van der Waals surface area contributed by atoms with Gasteiger partial charge in [0, 0.05) is 0 Å². The van der Waals surface area contributed by atoms with Gasteiger partial charge in [0.05, 0.1) is 24.2 Å². The fourth-order valence-electron chi connectivity index (χ4n) is 7.60. The molecule has 0 nitrogen and oxygen atoms in total. The molecule has 0 aliphatic heterocycles. The summed E-state index contributed by atoms with van der Waals surface area (Å²) >= 11 is 1.46. The van der Waals surface area contributed by atoms with Crippen LogP contribution in [0, 0.1) is 0 Å². The van der Waals surface area contributed by atoms with Crippen LogP contribution in [0.15, 0.2) is 97.1 Å². The second kappa shape index (κ2) is 14.5. The second-order valence-corrected chi connectivity index (χ2v) is 32.8. The predicted octanol–water partition coefficient (Wildman–Crippen LogP) is 10.6. The van der Waals surface area contributed by atoms with E-state index in [0.717, 1.165) is 19.3 Å². The molecule has 0 amide bonds. The van der Waals surface area contributed by atoms with Crippen LogP contribution in [0.4, 0.5) is 0 Å². The SMILES string of the molecule is CCc1cc([Si](C)(C)C)c2c(c1)[cH-]c1c(C3=CC=CC3)c(CC)c([Si](C)(C)C)c([Si](C)(C)C)c12.[Zr]=[C](c1ccccc1)c1ccccc1. The van der Waals surface area contributed by atoms with Crippen molar-refractivity contribution in [3.8, 4) is 0 Å². The van der Waals surface area contributed by atoms with Crippen LogP contribution in [-0.4, -0.2) is 27.4 Å². The fraction of sp³-hybridized carbons (Fsp3) is 0.318. The Morgan fingerprint density at radius 2 is 1.25 bits per heavy atom. The Morgan fingerprint density at radius 1 is 0.688 bits per heavy atom. The van der Waals surface area contributed by atoms with Crippen LogP contribution in [0.2, 0.25) is 58.9 Å². The Bertz CT molecular complexity index is 1960. The summed E-state index contributed by atoms with van der Waals surface area (Å²) in [5.74, 6) is 0. The van der Waals surface area contributed by atoms with Gasteiger partial charge >= 0.3 is 99.2 Å². The number of hydrogen-bond donors (Lipinski definition) is 0. The molecule has 5 aromatic rings. The van der Waals surface area contributed by atoms with Gasteiger partial charge < -0.3 is 0 Å². The molecule has 1 aliphatic rings. The number of allylic oxidation sites excluding steroid dienone is 4. The Kier molecular flexibility index (Phi) is 11.1. The first-order chi connectivity index (χ1) is 22.6. The third-order valence-electron chi connectivity index (χ3n) is 9.71. The van der Waals surface area contributed by atoms with Gasteiger partial charge in [0.15, 0.2) is 0 Å². The van der Waals surface area contributed by atoms with E-state index in [1.54, 1.807) is 42.8 Å². The second-order valence-electron chi connectivity index (χ2n) is 16.5. The van der Waals surface area contributed by atoms with Gasteiger partial charge in [-0.05, 0) is 19.3 Å². The summed E-state index contributed by atoms with van der Waals surface area (Å²) in [5, 5.41) is 11.5. The summed E-state index contributed by atoms with van der Waals surface area (Å²) in [4.78, 5) is 0. The zero-order valence-electron chi connectivity index (χ0n) is 31.4. The topological polar surface area (TPSA) is 0 Å². The van der Waals surface area contributed by atoms with Crippen LogP contribution in [0.1, 0.15) is 48.1 Å². The third-order valence-corrected chi connectivity index (χ3v) is 17.4. The number of benzene rings is 4. The van der Waals surface area contributed by atoms with Gasteiger partial charge in [-0.3, -0.25) is 0 Å². The van der Waals surface area contributed by atoms with Crippen molar-refractivity contribution < 1.29 is 24.2 Å². The molecule has 0 fully saturated rings. The maximum absolute atomic E-state index is 2.60. The average molecular weight is 759 g/mol. The number of hydrogen-bond acceptors (Lipinski definition) is 0. The van der Waals surface area contributed by atoms with Crippen LogP contribution in [-0.2, 0) is 37.1 Å². The molecule has 248 valence electrons. The molecular weight excluding hydrogens is 704 g/mol. The van der Waals surface area contributed by atoms with Crippen molar-refractivity contribution in [2.45, 2.75) is 92.0 Å². The summed E-state index contributed by atoms with van der Waals surface area (Å²) in [7, 11) is -4.77. The van der Waals surface area contributed by atoms with Crippen LogP contribution < -0.4 is 15.6 Å². The first-order valence-electron chi connectivity index (χ1n) is 17.9. The van der Waals surface area contributed by atoms with E-state index in [9.17, 15) is 0 Å². The van der Waals surface area contributed by atoms with E-state index in [1.807, 2.05) is 0 Å². The molecule has 4 heteroatoms. The summed E-state index contributed by atoms with van der Waals surface area (Å²) in [6.07, 6.45) is 10.3. The van der Waals surface area contributed by atoms with Crippen molar-refractivity contribution in [1.29, 1.82) is 0 Å². The summed E-state index contributed by atoms with van der Waals surface area (Å²) in [5.41, 5.74) is 8.94. The van der Waals surface area contributed by atoms with E-state index in [0.29, 0.717) is 0 Å². The monoisotopic (exact) mass is 757 g/mol. The zero-order chi connectivity index (χ0) is 35.0. The van der Waals surface area contributed by atoms with Crippen molar-refractivity contribution in [2.75, 3.05) is 0 Å². The zero-order valence-corrected chi connectivity index (χ0v) is 36.8. The average Bonchev–Trinajstić information content (AvgIpc) is 3.71. The van der Waals surface area contributed by atoms with Crippen molar-refractivity contribution in [1.82, 2.24) is 0 Å². The van der Waals surface area contributed by atoms with Crippen LogP contribution >= 0.6 is 0 Å². The Balaban J connectivity index is 0.000000267. The quantitative estimate of drug-likeness (QED) is 0.109. The molecule has 0 spiro atoms. The Labute approximate surface area is 309 Å². The summed E-state index contributed by atoms with van der Waals surface area (Å²) < 4.78 is 1.42. The van der Waals surface area contributed by atoms with E-state index >= 15 is 0 Å². The van der Waals surface area contributed by atoms with Gasteiger partial charge in [-0.15, -0.1) is 33.7 Å². The van der Waals surface area contributed by atoms with E-state index in [4.69, 9.17) is 0 Å². The van der Waals surface area contributed by atoms with E-state index < -0.39 is 24.2 Å². The summed E-state index contributed by atoms with van der Waals surface area (Å²) in [6.45, 7) is 27.9. The van der Waals surface area contributed by atoms with Crippen molar-refractivity contribution >= 4 is 70.1 Å². The van der Waals surface area contributed by atoms with Crippen molar-refractivity contribution in [3.05, 3.63) is 125 Å². The van der Waals surface area contributed by atoms with Crippen LogP contribution in [0.3, 0.4) is 0 Å². The van der Waals surface area contributed by atoms with Gasteiger partial charge in [0.1, 0.15) is 0 Å². The van der Waals surface area contributed by atoms with E-state index in [2.05, 4.69) is 170 Å². The first kappa shape index (κ1) is 36.9. The van der Waals surface area contributed by atoms with E-state index in [-0.39, 0.29) is 0 Å². The minimum absolute atomic E-state index is 1.07. The molecule has 0 radical (unpaired) electrons. The fourth-order valence-corrected chi connectivity index (χ4v) is 16.3. The van der Waals surface area contributed by atoms with E-state index in [1.165, 1.54) is 55.1 Å². The standard InChI is InChI=1S/C31H45Si3.C13H10.Zr/c1-12-21-18-23-20-25-27(22-16-14-15-17-22)24(13-2)30(33(6,7)8)31(34(9,10)11)29(25)28(23)26(19-21)32(3,4)5;1-3-7-12(8-4-1)11-13-9-5-2-6-10-13;/h14-16,18-20H,12-13,17H2,1-11H3;1-10H;/q-1;;. The normalized spacial score (nSPS) is 13.5. The van der Waals surface area contributed by atoms with Gasteiger partial charge in [-0.1, -0.05) is 135 Å². The number of aryl methyl sites for hydroxylation is 1. The maximum atomic E-state index is 2.60. The third kappa shape index (κ3) is 7.53. The molecule has 0 saturated carbocycles. The molecule has 1 aliphatic carbocycles. The predicted molar refractivity (Wildman–Crippen MR) is 223 cm³/mol. The molecule has 0 aromatic heterocycles. The molecule has 0 atom stereocenters. The first-order valence-corrected chi connectivity index (χ1v) is 29.6. The number of fused-ring (bicyclic) bond motifs is 3. The minimum atomic E-state index is -1.63. The number of rotatable bonds is 8. The van der Waals surface area contributed by atoms with Crippen molar-refractivity contribution in [2.24, 2.45) is 0 Å². The van der Waals surface area contributed by atoms with Crippen molar-refractivity contribution in [3.63, 3.8) is 0 Å². The molecule has 0 N–H and O–H groups in total. The van der Waals surface area contributed by atoms with Gasteiger partial charge in [0.2, 0.25) is 0 Å². The molecule has 5 aromatic carbocycles. The molecule has 48 heavy (non-hydrogen) atoms. The van der Waals surface area contributed by atoms with Crippen LogP contribution in [0.5, 0.6) is 0 Å². The van der Waals surface area contributed by atoms with Crippen LogP contribution in [0.25, 0.3) is 27.1 Å².